The van der Waals surface area contributed by atoms with Crippen molar-refractivity contribution in [3.05, 3.63) is 11.8 Å². The summed E-state index contributed by atoms with van der Waals surface area (Å²) < 4.78 is 4.65. The zero-order chi connectivity index (χ0) is 13.1. The Hall–Kier alpha value is -1.56. The van der Waals surface area contributed by atoms with E-state index < -0.39 is 11.9 Å². The number of ether oxygens (including phenoxy) is 1. The molecule has 0 aliphatic heterocycles. The van der Waals surface area contributed by atoms with E-state index in [1.54, 1.807) is 6.92 Å². The van der Waals surface area contributed by atoms with Gasteiger partial charge in [-0.3, -0.25) is 10.1 Å². The maximum absolute atomic E-state index is 11.3. The fourth-order valence-corrected chi connectivity index (χ4v) is 1.09. The van der Waals surface area contributed by atoms with E-state index in [4.69, 9.17) is 5.11 Å². The van der Waals surface area contributed by atoms with E-state index in [2.05, 4.69) is 15.4 Å². The number of rotatable bonds is 7. The molecule has 0 unspecified atom stereocenters. The van der Waals surface area contributed by atoms with Crippen molar-refractivity contribution in [3.63, 3.8) is 0 Å². The molecule has 0 saturated heterocycles. The number of unbranched alkanes of at least 4 members (excludes halogenated alkanes) is 2. The molecule has 0 aromatic heterocycles. The van der Waals surface area contributed by atoms with E-state index in [1.807, 2.05) is 0 Å². The minimum atomic E-state index is -0.525. The van der Waals surface area contributed by atoms with Gasteiger partial charge in [-0.05, 0) is 26.2 Å². The van der Waals surface area contributed by atoms with Gasteiger partial charge in [0.2, 0.25) is 0 Å². The van der Waals surface area contributed by atoms with Crippen LogP contribution in [-0.4, -0.2) is 37.3 Å². The standard InChI is InChI=1S/C11H20N2O4/c1-9(8-17-2)10(15)13-11(16)12-6-4-3-5-7-14/h8,14H,3-7H2,1-2H3,(H2,12,13,15,16)/b9-8+. The molecule has 3 amide bonds. The Labute approximate surface area is 101 Å². The van der Waals surface area contributed by atoms with Crippen LogP contribution in [0.3, 0.4) is 0 Å². The molecular formula is C11H20N2O4. The molecule has 6 heteroatoms. The van der Waals surface area contributed by atoms with Crippen molar-refractivity contribution < 1.29 is 19.4 Å². The van der Waals surface area contributed by atoms with Crippen molar-refractivity contribution in [2.75, 3.05) is 20.3 Å². The second-order valence-electron chi connectivity index (χ2n) is 3.53. The largest absolute Gasteiger partial charge is 0.504 e. The quantitative estimate of drug-likeness (QED) is 0.346. The molecule has 6 nitrogen and oxygen atoms in total. The Bertz CT molecular complexity index is 277. The normalized spacial score (nSPS) is 10.9. The van der Waals surface area contributed by atoms with Crippen LogP contribution >= 0.6 is 0 Å². The van der Waals surface area contributed by atoms with Crippen LogP contribution in [0, 0.1) is 0 Å². The molecule has 0 atom stereocenters. The number of hydrogen-bond donors (Lipinski definition) is 3. The molecule has 0 heterocycles. The predicted molar refractivity (Wildman–Crippen MR) is 63.2 cm³/mol. The fraction of sp³-hybridized carbons (Fsp3) is 0.636. The van der Waals surface area contributed by atoms with Gasteiger partial charge in [-0.1, -0.05) is 0 Å². The van der Waals surface area contributed by atoms with Gasteiger partial charge < -0.3 is 15.2 Å². The second kappa shape index (κ2) is 9.65. The average Bonchev–Trinajstić information content (AvgIpc) is 2.29. The first-order chi connectivity index (χ1) is 8.11. The minimum absolute atomic E-state index is 0.158. The summed E-state index contributed by atoms with van der Waals surface area (Å²) in [4.78, 5) is 22.6. The third-order valence-corrected chi connectivity index (χ3v) is 2.00. The number of hydrogen-bond acceptors (Lipinski definition) is 4. The van der Waals surface area contributed by atoms with Crippen LogP contribution in [0.1, 0.15) is 26.2 Å². The van der Waals surface area contributed by atoms with Gasteiger partial charge in [0.25, 0.3) is 5.91 Å². The number of amides is 3. The summed E-state index contributed by atoms with van der Waals surface area (Å²) in [5, 5.41) is 13.3. The molecule has 0 spiro atoms. The molecule has 98 valence electrons. The van der Waals surface area contributed by atoms with Gasteiger partial charge in [0.05, 0.1) is 13.4 Å². The van der Waals surface area contributed by atoms with Crippen LogP contribution in [0.25, 0.3) is 0 Å². The minimum Gasteiger partial charge on any atom is -0.504 e. The summed E-state index contributed by atoms with van der Waals surface area (Å²) in [6.45, 7) is 2.19. The van der Waals surface area contributed by atoms with Crippen molar-refractivity contribution in [1.82, 2.24) is 10.6 Å². The number of aliphatic hydroxyl groups is 1. The number of carbonyl (C=O) groups is 2. The molecular weight excluding hydrogens is 224 g/mol. The highest BCUT2D eigenvalue weighted by Crippen LogP contribution is 1.93. The maximum Gasteiger partial charge on any atom is 0.321 e. The Kier molecular flexibility index (Phi) is 8.77. The zero-order valence-corrected chi connectivity index (χ0v) is 10.3. The molecule has 0 aliphatic carbocycles. The van der Waals surface area contributed by atoms with E-state index in [1.165, 1.54) is 13.4 Å². The van der Waals surface area contributed by atoms with Crippen molar-refractivity contribution in [2.45, 2.75) is 26.2 Å². The van der Waals surface area contributed by atoms with Gasteiger partial charge in [0, 0.05) is 18.7 Å². The molecule has 0 saturated carbocycles. The molecule has 0 bridgehead atoms. The number of imide groups is 1. The van der Waals surface area contributed by atoms with Gasteiger partial charge in [-0.2, -0.15) is 0 Å². The van der Waals surface area contributed by atoms with E-state index in [0.29, 0.717) is 12.1 Å². The van der Waals surface area contributed by atoms with E-state index in [-0.39, 0.29) is 6.61 Å². The number of urea groups is 1. The van der Waals surface area contributed by atoms with Crippen LogP contribution in [-0.2, 0) is 9.53 Å². The lowest BCUT2D eigenvalue weighted by molar-refractivity contribution is -0.116. The molecule has 0 aromatic rings. The third-order valence-electron chi connectivity index (χ3n) is 2.00. The molecule has 17 heavy (non-hydrogen) atoms. The lowest BCUT2D eigenvalue weighted by Gasteiger charge is -2.06. The van der Waals surface area contributed by atoms with Gasteiger partial charge in [-0.25, -0.2) is 4.79 Å². The highest BCUT2D eigenvalue weighted by molar-refractivity contribution is 6.03. The first-order valence-electron chi connectivity index (χ1n) is 5.51. The summed E-state index contributed by atoms with van der Waals surface area (Å²) >= 11 is 0. The molecule has 0 radical (unpaired) electrons. The lowest BCUT2D eigenvalue weighted by Crippen LogP contribution is -2.40. The topological polar surface area (TPSA) is 87.7 Å². The highest BCUT2D eigenvalue weighted by atomic mass is 16.5. The molecule has 0 rings (SSSR count). The Morgan fingerprint density at radius 3 is 2.59 bits per heavy atom. The van der Waals surface area contributed by atoms with Gasteiger partial charge in [-0.15, -0.1) is 0 Å². The first-order valence-corrected chi connectivity index (χ1v) is 5.51. The molecule has 0 aliphatic rings. The summed E-state index contributed by atoms with van der Waals surface area (Å²) in [7, 11) is 1.43. The zero-order valence-electron chi connectivity index (χ0n) is 10.3. The fourth-order valence-electron chi connectivity index (χ4n) is 1.09. The number of aliphatic hydroxyl groups excluding tert-OH is 1. The number of methoxy groups -OCH3 is 1. The van der Waals surface area contributed by atoms with Crippen molar-refractivity contribution >= 4 is 11.9 Å². The van der Waals surface area contributed by atoms with Crippen LogP contribution in [0.2, 0.25) is 0 Å². The lowest BCUT2D eigenvalue weighted by atomic mass is 10.2. The first kappa shape index (κ1) is 15.4. The third kappa shape index (κ3) is 8.27. The number of nitrogens with one attached hydrogen (secondary N) is 2. The van der Waals surface area contributed by atoms with Crippen LogP contribution in [0.4, 0.5) is 4.79 Å². The smallest absolute Gasteiger partial charge is 0.321 e. The van der Waals surface area contributed by atoms with Crippen LogP contribution in [0.15, 0.2) is 11.8 Å². The van der Waals surface area contributed by atoms with E-state index in [9.17, 15) is 9.59 Å². The van der Waals surface area contributed by atoms with Crippen molar-refractivity contribution in [3.8, 4) is 0 Å². The Balaban J connectivity index is 3.72. The SMILES string of the molecule is CO/C=C(\C)C(=O)NC(=O)NCCCCCO. The van der Waals surface area contributed by atoms with Gasteiger partial charge >= 0.3 is 6.03 Å². The van der Waals surface area contributed by atoms with Crippen molar-refractivity contribution in [2.24, 2.45) is 0 Å². The number of carbonyl (C=O) groups excluding carboxylic acids is 2. The van der Waals surface area contributed by atoms with Crippen LogP contribution in [0.5, 0.6) is 0 Å². The maximum atomic E-state index is 11.3. The van der Waals surface area contributed by atoms with Crippen molar-refractivity contribution in [1.29, 1.82) is 0 Å². The van der Waals surface area contributed by atoms with Crippen LogP contribution < -0.4 is 10.6 Å². The molecule has 0 aromatic carbocycles. The molecule has 3 N–H and O–H groups in total. The molecule has 0 fully saturated rings. The summed E-state index contributed by atoms with van der Waals surface area (Å²) in [6.07, 6.45) is 3.60. The van der Waals surface area contributed by atoms with E-state index >= 15 is 0 Å². The summed E-state index contributed by atoms with van der Waals surface area (Å²) in [5.74, 6) is -0.486. The summed E-state index contributed by atoms with van der Waals surface area (Å²) in [5.41, 5.74) is 0.322. The monoisotopic (exact) mass is 244 g/mol. The highest BCUT2D eigenvalue weighted by Gasteiger charge is 2.08. The van der Waals surface area contributed by atoms with Gasteiger partial charge in [0.1, 0.15) is 0 Å². The second-order valence-corrected chi connectivity index (χ2v) is 3.53. The van der Waals surface area contributed by atoms with Gasteiger partial charge in [0.15, 0.2) is 0 Å². The van der Waals surface area contributed by atoms with E-state index in [0.717, 1.165) is 19.3 Å². The summed E-state index contributed by atoms with van der Waals surface area (Å²) in [6, 6.07) is -0.525. The average molecular weight is 244 g/mol. The predicted octanol–water partition coefficient (Wildman–Crippen LogP) is 0.525. The Morgan fingerprint density at radius 1 is 1.29 bits per heavy atom. The Morgan fingerprint density at radius 2 is 2.00 bits per heavy atom.